The number of aliphatic hydroxyl groups is 1. The number of ether oxygens (including phenoxy) is 1. The van der Waals surface area contributed by atoms with Crippen molar-refractivity contribution in [2.45, 2.75) is 38.2 Å². The predicted molar refractivity (Wildman–Crippen MR) is 52.9 cm³/mol. The molecule has 0 radical (unpaired) electrons. The second-order valence-electron chi connectivity index (χ2n) is 3.58. The first-order valence-electron chi connectivity index (χ1n) is 5.35. The number of hydrogen-bond donors (Lipinski definition) is 2. The Morgan fingerprint density at radius 2 is 2.29 bits per heavy atom. The van der Waals surface area contributed by atoms with Crippen molar-refractivity contribution in [3.8, 4) is 0 Å². The molecule has 4 heteroatoms. The summed E-state index contributed by atoms with van der Waals surface area (Å²) in [5.41, 5.74) is 0. The Bertz CT molecular complexity index is 167. The normalized spacial score (nSPS) is 21.1. The van der Waals surface area contributed by atoms with Gasteiger partial charge in [-0.15, -0.1) is 0 Å². The van der Waals surface area contributed by atoms with Crippen LogP contribution in [-0.2, 0) is 9.53 Å². The average Bonchev–Trinajstić information content (AvgIpc) is 2.70. The summed E-state index contributed by atoms with van der Waals surface area (Å²) in [6, 6.07) is 0. The van der Waals surface area contributed by atoms with E-state index < -0.39 is 0 Å². The summed E-state index contributed by atoms with van der Waals surface area (Å²) in [7, 11) is 0. The van der Waals surface area contributed by atoms with Gasteiger partial charge in [0.15, 0.2) is 0 Å². The molecule has 1 rings (SSSR count). The predicted octanol–water partition coefficient (Wildman–Crippen LogP) is 0.444. The standard InChI is InChI=1S/C10H19NO3/c12-7-3-1-2-6-11-10(13)9-5-4-8-14-9/h9,12H,1-8H2,(H,11,13). The molecule has 1 aliphatic rings. The van der Waals surface area contributed by atoms with Crippen molar-refractivity contribution in [2.24, 2.45) is 0 Å². The van der Waals surface area contributed by atoms with Crippen LogP contribution in [0.3, 0.4) is 0 Å². The molecule has 1 fully saturated rings. The van der Waals surface area contributed by atoms with Crippen LogP contribution in [0.2, 0.25) is 0 Å². The number of rotatable bonds is 6. The second kappa shape index (κ2) is 6.79. The fourth-order valence-electron chi connectivity index (χ4n) is 1.52. The van der Waals surface area contributed by atoms with Crippen LogP contribution in [0, 0.1) is 0 Å². The van der Waals surface area contributed by atoms with Gasteiger partial charge in [-0.1, -0.05) is 0 Å². The van der Waals surface area contributed by atoms with Crippen molar-refractivity contribution in [2.75, 3.05) is 19.8 Å². The molecule has 0 saturated carbocycles. The highest BCUT2D eigenvalue weighted by Gasteiger charge is 2.22. The van der Waals surface area contributed by atoms with Crippen LogP contribution in [0.4, 0.5) is 0 Å². The maximum atomic E-state index is 11.4. The molecule has 1 unspecified atom stereocenters. The van der Waals surface area contributed by atoms with Crippen molar-refractivity contribution >= 4 is 5.91 Å². The smallest absolute Gasteiger partial charge is 0.249 e. The number of aliphatic hydroxyl groups excluding tert-OH is 1. The molecule has 82 valence electrons. The lowest BCUT2D eigenvalue weighted by molar-refractivity contribution is -0.130. The van der Waals surface area contributed by atoms with Gasteiger partial charge in [0.1, 0.15) is 6.10 Å². The van der Waals surface area contributed by atoms with E-state index in [0.29, 0.717) is 13.2 Å². The van der Waals surface area contributed by atoms with E-state index in [0.717, 1.165) is 32.1 Å². The molecule has 1 amide bonds. The summed E-state index contributed by atoms with van der Waals surface area (Å²) >= 11 is 0. The van der Waals surface area contributed by atoms with Gasteiger partial charge >= 0.3 is 0 Å². The molecule has 0 aliphatic carbocycles. The molecule has 1 aliphatic heterocycles. The number of amides is 1. The second-order valence-corrected chi connectivity index (χ2v) is 3.58. The minimum absolute atomic E-state index is 0.0199. The summed E-state index contributed by atoms with van der Waals surface area (Å²) in [6.45, 7) is 1.64. The summed E-state index contributed by atoms with van der Waals surface area (Å²) in [6.07, 6.45) is 4.33. The number of hydrogen-bond acceptors (Lipinski definition) is 3. The molecule has 1 saturated heterocycles. The summed E-state index contributed by atoms with van der Waals surface area (Å²) in [5.74, 6) is 0.0199. The van der Waals surface area contributed by atoms with Crippen LogP contribution < -0.4 is 5.32 Å². The van der Waals surface area contributed by atoms with E-state index in [1.807, 2.05) is 0 Å². The van der Waals surface area contributed by atoms with E-state index in [9.17, 15) is 4.79 Å². The molecule has 1 heterocycles. The van der Waals surface area contributed by atoms with Gasteiger partial charge in [-0.05, 0) is 32.1 Å². The summed E-state index contributed by atoms with van der Waals surface area (Å²) in [4.78, 5) is 11.4. The average molecular weight is 201 g/mol. The number of nitrogens with one attached hydrogen (secondary N) is 1. The summed E-state index contributed by atoms with van der Waals surface area (Å²) < 4.78 is 5.24. The lowest BCUT2D eigenvalue weighted by Gasteiger charge is -2.09. The molecule has 14 heavy (non-hydrogen) atoms. The third-order valence-corrected chi connectivity index (χ3v) is 2.36. The molecule has 0 bridgehead atoms. The number of carbonyl (C=O) groups excluding carboxylic acids is 1. The Labute approximate surface area is 84.6 Å². The fraction of sp³-hybridized carbons (Fsp3) is 0.900. The minimum Gasteiger partial charge on any atom is -0.396 e. The lowest BCUT2D eigenvalue weighted by atomic mass is 10.2. The van der Waals surface area contributed by atoms with Gasteiger partial charge in [-0.25, -0.2) is 0 Å². The van der Waals surface area contributed by atoms with Gasteiger partial charge < -0.3 is 15.2 Å². The van der Waals surface area contributed by atoms with Crippen molar-refractivity contribution in [3.63, 3.8) is 0 Å². The van der Waals surface area contributed by atoms with Gasteiger partial charge in [0.25, 0.3) is 0 Å². The first kappa shape index (κ1) is 11.5. The zero-order valence-electron chi connectivity index (χ0n) is 8.50. The van der Waals surface area contributed by atoms with Gasteiger partial charge in [-0.3, -0.25) is 4.79 Å². The van der Waals surface area contributed by atoms with Crippen LogP contribution in [0.5, 0.6) is 0 Å². The van der Waals surface area contributed by atoms with Gasteiger partial charge in [0, 0.05) is 19.8 Å². The van der Waals surface area contributed by atoms with E-state index in [-0.39, 0.29) is 18.6 Å². The molecule has 4 nitrogen and oxygen atoms in total. The van der Waals surface area contributed by atoms with E-state index in [2.05, 4.69) is 5.32 Å². The quantitative estimate of drug-likeness (QED) is 0.613. The zero-order chi connectivity index (χ0) is 10.2. The molecular weight excluding hydrogens is 182 g/mol. The Kier molecular flexibility index (Phi) is 5.56. The largest absolute Gasteiger partial charge is 0.396 e. The van der Waals surface area contributed by atoms with E-state index in [1.54, 1.807) is 0 Å². The molecule has 0 aromatic heterocycles. The van der Waals surface area contributed by atoms with Crippen molar-refractivity contribution in [1.29, 1.82) is 0 Å². The highest BCUT2D eigenvalue weighted by Crippen LogP contribution is 2.11. The van der Waals surface area contributed by atoms with Gasteiger partial charge in [-0.2, -0.15) is 0 Å². The van der Waals surface area contributed by atoms with E-state index in [4.69, 9.17) is 9.84 Å². The SMILES string of the molecule is O=C(NCCCCCO)C1CCCO1. The van der Waals surface area contributed by atoms with Crippen LogP contribution in [0.15, 0.2) is 0 Å². The first-order valence-corrected chi connectivity index (χ1v) is 5.35. The van der Waals surface area contributed by atoms with Gasteiger partial charge in [0.2, 0.25) is 5.91 Å². The molecular formula is C10H19NO3. The maximum absolute atomic E-state index is 11.4. The lowest BCUT2D eigenvalue weighted by Crippen LogP contribution is -2.34. The monoisotopic (exact) mass is 201 g/mol. The maximum Gasteiger partial charge on any atom is 0.249 e. The first-order chi connectivity index (χ1) is 6.84. The number of carbonyl (C=O) groups is 1. The Balaban J connectivity index is 1.97. The molecule has 1 atom stereocenters. The fourth-order valence-corrected chi connectivity index (χ4v) is 1.52. The van der Waals surface area contributed by atoms with E-state index >= 15 is 0 Å². The topological polar surface area (TPSA) is 58.6 Å². The van der Waals surface area contributed by atoms with Crippen molar-refractivity contribution in [1.82, 2.24) is 5.32 Å². The van der Waals surface area contributed by atoms with Crippen molar-refractivity contribution in [3.05, 3.63) is 0 Å². The Morgan fingerprint density at radius 3 is 2.93 bits per heavy atom. The molecule has 0 spiro atoms. The van der Waals surface area contributed by atoms with Gasteiger partial charge in [0.05, 0.1) is 0 Å². The third-order valence-electron chi connectivity index (χ3n) is 2.36. The van der Waals surface area contributed by atoms with Crippen LogP contribution in [-0.4, -0.2) is 36.9 Å². The Morgan fingerprint density at radius 1 is 1.43 bits per heavy atom. The highest BCUT2D eigenvalue weighted by atomic mass is 16.5. The highest BCUT2D eigenvalue weighted by molar-refractivity contribution is 5.80. The number of unbranched alkanes of at least 4 members (excludes halogenated alkanes) is 2. The summed E-state index contributed by atoms with van der Waals surface area (Å²) in [5, 5.41) is 11.4. The zero-order valence-corrected chi connectivity index (χ0v) is 8.50. The molecule has 0 aromatic rings. The van der Waals surface area contributed by atoms with Crippen LogP contribution in [0.25, 0.3) is 0 Å². The van der Waals surface area contributed by atoms with Crippen LogP contribution in [0.1, 0.15) is 32.1 Å². The van der Waals surface area contributed by atoms with Crippen molar-refractivity contribution < 1.29 is 14.6 Å². The van der Waals surface area contributed by atoms with Crippen LogP contribution >= 0.6 is 0 Å². The molecule has 0 aromatic carbocycles. The minimum atomic E-state index is -0.215. The van der Waals surface area contributed by atoms with E-state index in [1.165, 1.54) is 0 Å². The Hall–Kier alpha value is -0.610. The third kappa shape index (κ3) is 4.07. The molecule has 2 N–H and O–H groups in total.